The second kappa shape index (κ2) is 10.9. The summed E-state index contributed by atoms with van der Waals surface area (Å²) in [5.41, 5.74) is 1.74. The van der Waals surface area contributed by atoms with Crippen LogP contribution >= 0.6 is 0 Å². The molecule has 0 bridgehead atoms. The Morgan fingerprint density at radius 1 is 1.07 bits per heavy atom. The van der Waals surface area contributed by atoms with Crippen molar-refractivity contribution in [1.82, 2.24) is 15.5 Å². The van der Waals surface area contributed by atoms with Gasteiger partial charge in [0.15, 0.2) is 5.96 Å². The quantitative estimate of drug-likeness (QED) is 0.427. The van der Waals surface area contributed by atoms with Crippen molar-refractivity contribution in [2.75, 3.05) is 33.8 Å². The minimum atomic E-state index is -0.0850. The number of rotatable bonds is 8. The predicted octanol–water partition coefficient (Wildman–Crippen LogP) is 2.52. The highest BCUT2D eigenvalue weighted by Crippen LogP contribution is 2.18. The number of carbonyl (C=O) groups is 1. The number of para-hydroxylation sites is 1. The summed E-state index contributed by atoms with van der Waals surface area (Å²) in [6.07, 6.45) is 0. The van der Waals surface area contributed by atoms with Crippen LogP contribution in [-0.2, 0) is 6.54 Å². The van der Waals surface area contributed by atoms with Gasteiger partial charge in [-0.25, -0.2) is 0 Å². The van der Waals surface area contributed by atoms with E-state index in [4.69, 9.17) is 4.74 Å². The van der Waals surface area contributed by atoms with E-state index in [2.05, 4.69) is 15.6 Å². The van der Waals surface area contributed by atoms with E-state index < -0.39 is 0 Å². The summed E-state index contributed by atoms with van der Waals surface area (Å²) in [7, 11) is 3.66. The van der Waals surface area contributed by atoms with E-state index in [1.807, 2.05) is 61.3 Å². The Balaban J connectivity index is 1.92. The summed E-state index contributed by atoms with van der Waals surface area (Å²) in [6, 6.07) is 17.1. The fourth-order valence-electron chi connectivity index (χ4n) is 2.66. The number of methoxy groups -OCH3 is 1. The summed E-state index contributed by atoms with van der Waals surface area (Å²) in [5.74, 6) is 1.56. The third kappa shape index (κ3) is 6.33. The second-order valence-corrected chi connectivity index (χ2v) is 6.03. The lowest BCUT2D eigenvalue weighted by molar-refractivity contribution is 0.0955. The number of guanidine groups is 1. The molecule has 0 saturated carbocycles. The lowest BCUT2D eigenvalue weighted by Crippen LogP contribution is -2.39. The molecule has 2 aromatic rings. The van der Waals surface area contributed by atoms with Gasteiger partial charge in [0.1, 0.15) is 5.75 Å². The molecule has 0 aliphatic carbocycles. The van der Waals surface area contributed by atoms with Crippen LogP contribution in [0.1, 0.15) is 22.8 Å². The lowest BCUT2D eigenvalue weighted by atomic mass is 10.2. The van der Waals surface area contributed by atoms with Crippen molar-refractivity contribution in [3.05, 3.63) is 65.7 Å². The maximum absolute atomic E-state index is 12.1. The SMILES string of the molecule is CCNC(=NCCNC(=O)c1ccccc1)N(C)Cc1ccccc1OC. The molecule has 0 fully saturated rings. The van der Waals surface area contributed by atoms with Gasteiger partial charge >= 0.3 is 0 Å². The molecule has 6 nitrogen and oxygen atoms in total. The zero-order valence-electron chi connectivity index (χ0n) is 16.2. The molecular weight excluding hydrogens is 340 g/mol. The van der Waals surface area contributed by atoms with Gasteiger partial charge in [-0.05, 0) is 25.1 Å². The Kier molecular flexibility index (Phi) is 8.16. The molecule has 1 amide bonds. The molecule has 0 atom stereocenters. The van der Waals surface area contributed by atoms with Gasteiger partial charge in [-0.15, -0.1) is 0 Å². The van der Waals surface area contributed by atoms with Crippen LogP contribution in [0.5, 0.6) is 5.75 Å². The van der Waals surface area contributed by atoms with Gasteiger partial charge in [0.05, 0.1) is 13.7 Å². The highest BCUT2D eigenvalue weighted by atomic mass is 16.5. The molecule has 2 N–H and O–H groups in total. The average Bonchev–Trinajstić information content (AvgIpc) is 2.71. The first-order valence-electron chi connectivity index (χ1n) is 9.10. The molecule has 0 heterocycles. The zero-order chi connectivity index (χ0) is 19.5. The van der Waals surface area contributed by atoms with Gasteiger partial charge in [0.2, 0.25) is 0 Å². The van der Waals surface area contributed by atoms with Gasteiger partial charge in [-0.1, -0.05) is 36.4 Å². The van der Waals surface area contributed by atoms with Crippen LogP contribution in [-0.4, -0.2) is 50.6 Å². The van der Waals surface area contributed by atoms with Gasteiger partial charge < -0.3 is 20.3 Å². The standard InChI is InChI=1S/C21H28N4O2/c1-4-22-21(25(2)16-18-12-8-9-13-19(18)27-3)24-15-14-23-20(26)17-10-6-5-7-11-17/h5-13H,4,14-16H2,1-3H3,(H,22,24)(H,23,26). The third-order valence-corrected chi connectivity index (χ3v) is 3.99. The maximum Gasteiger partial charge on any atom is 0.251 e. The summed E-state index contributed by atoms with van der Waals surface area (Å²) in [5, 5.41) is 6.17. The van der Waals surface area contributed by atoms with Crippen LogP contribution in [0.4, 0.5) is 0 Å². The Morgan fingerprint density at radius 2 is 1.78 bits per heavy atom. The molecule has 27 heavy (non-hydrogen) atoms. The first-order chi connectivity index (χ1) is 13.2. The number of nitrogens with one attached hydrogen (secondary N) is 2. The van der Waals surface area contributed by atoms with Gasteiger partial charge in [-0.2, -0.15) is 0 Å². The van der Waals surface area contributed by atoms with Crippen molar-refractivity contribution in [2.45, 2.75) is 13.5 Å². The summed E-state index contributed by atoms with van der Waals surface area (Å²) >= 11 is 0. The molecule has 0 unspecified atom stereocenters. The average molecular weight is 368 g/mol. The van der Waals surface area contributed by atoms with E-state index in [1.165, 1.54) is 0 Å². The van der Waals surface area contributed by atoms with E-state index in [0.717, 1.165) is 23.8 Å². The molecule has 0 aliphatic heterocycles. The molecule has 0 aromatic heterocycles. The number of hydrogen-bond donors (Lipinski definition) is 2. The molecule has 0 saturated heterocycles. The number of ether oxygens (including phenoxy) is 1. The van der Waals surface area contributed by atoms with E-state index >= 15 is 0 Å². The van der Waals surface area contributed by atoms with Crippen molar-refractivity contribution in [1.29, 1.82) is 0 Å². The Bertz CT molecular complexity index is 747. The smallest absolute Gasteiger partial charge is 0.251 e. The molecule has 144 valence electrons. The second-order valence-electron chi connectivity index (χ2n) is 6.03. The van der Waals surface area contributed by atoms with Crippen LogP contribution in [0, 0.1) is 0 Å². The van der Waals surface area contributed by atoms with Crippen molar-refractivity contribution in [3.63, 3.8) is 0 Å². The molecular formula is C21H28N4O2. The normalized spacial score (nSPS) is 11.0. The van der Waals surface area contributed by atoms with Crippen molar-refractivity contribution < 1.29 is 9.53 Å². The van der Waals surface area contributed by atoms with E-state index in [1.54, 1.807) is 19.2 Å². The van der Waals surface area contributed by atoms with Crippen molar-refractivity contribution >= 4 is 11.9 Å². The molecule has 0 radical (unpaired) electrons. The van der Waals surface area contributed by atoms with Crippen LogP contribution in [0.2, 0.25) is 0 Å². The molecule has 0 aliphatic rings. The highest BCUT2D eigenvalue weighted by Gasteiger charge is 2.10. The van der Waals surface area contributed by atoms with Crippen molar-refractivity contribution in [3.8, 4) is 5.75 Å². The minimum absolute atomic E-state index is 0.0850. The molecule has 6 heteroatoms. The number of carbonyl (C=O) groups excluding carboxylic acids is 1. The van der Waals surface area contributed by atoms with Crippen LogP contribution in [0.3, 0.4) is 0 Å². The topological polar surface area (TPSA) is 66.0 Å². The third-order valence-electron chi connectivity index (χ3n) is 3.99. The van der Waals surface area contributed by atoms with Crippen LogP contribution < -0.4 is 15.4 Å². The largest absolute Gasteiger partial charge is 0.496 e. The first kappa shape index (κ1) is 20.3. The van der Waals surface area contributed by atoms with Gasteiger partial charge in [0, 0.05) is 37.8 Å². The number of benzene rings is 2. The number of nitrogens with zero attached hydrogens (tertiary/aromatic N) is 2. The Hall–Kier alpha value is -3.02. The van der Waals surface area contributed by atoms with Gasteiger partial charge in [-0.3, -0.25) is 9.79 Å². The monoisotopic (exact) mass is 368 g/mol. The van der Waals surface area contributed by atoms with E-state index in [9.17, 15) is 4.79 Å². The molecule has 0 spiro atoms. The fraction of sp³-hybridized carbons (Fsp3) is 0.333. The number of amides is 1. The summed E-state index contributed by atoms with van der Waals surface area (Å²) in [4.78, 5) is 18.7. The summed E-state index contributed by atoms with van der Waals surface area (Å²) < 4.78 is 5.42. The first-order valence-corrected chi connectivity index (χ1v) is 9.10. The fourth-order valence-corrected chi connectivity index (χ4v) is 2.66. The van der Waals surface area contributed by atoms with E-state index in [-0.39, 0.29) is 5.91 Å². The Labute approximate surface area is 161 Å². The van der Waals surface area contributed by atoms with Crippen molar-refractivity contribution in [2.24, 2.45) is 4.99 Å². The van der Waals surface area contributed by atoms with E-state index in [0.29, 0.717) is 25.2 Å². The molecule has 2 rings (SSSR count). The number of hydrogen-bond acceptors (Lipinski definition) is 3. The number of aliphatic imine (C=N–C) groups is 1. The zero-order valence-corrected chi connectivity index (χ0v) is 16.2. The summed E-state index contributed by atoms with van der Waals surface area (Å²) in [6.45, 7) is 4.45. The minimum Gasteiger partial charge on any atom is -0.496 e. The van der Waals surface area contributed by atoms with Gasteiger partial charge in [0.25, 0.3) is 5.91 Å². The Morgan fingerprint density at radius 3 is 2.48 bits per heavy atom. The van der Waals surface area contributed by atoms with Crippen LogP contribution in [0.25, 0.3) is 0 Å². The highest BCUT2D eigenvalue weighted by molar-refractivity contribution is 5.94. The lowest BCUT2D eigenvalue weighted by Gasteiger charge is -2.23. The molecule has 2 aromatic carbocycles. The van der Waals surface area contributed by atoms with Crippen LogP contribution in [0.15, 0.2) is 59.6 Å². The predicted molar refractivity (Wildman–Crippen MR) is 109 cm³/mol. The maximum atomic E-state index is 12.1.